The first kappa shape index (κ1) is 23.9. The SMILES string of the molecule is COc1ccccc1CN1C(=O)C(=O)/C(=C(\O)c2ccc(OC)c(OC)c2)C1c1cccc(C)c1. The fraction of sp³-hybridized carbons (Fsp3) is 0.214. The van der Waals surface area contributed by atoms with E-state index in [0.29, 0.717) is 22.8 Å². The predicted molar refractivity (Wildman–Crippen MR) is 132 cm³/mol. The summed E-state index contributed by atoms with van der Waals surface area (Å²) in [5.74, 6) is -0.235. The number of para-hydroxylation sites is 1. The molecule has 1 N–H and O–H groups in total. The van der Waals surface area contributed by atoms with Crippen molar-refractivity contribution >= 4 is 17.4 Å². The molecule has 1 atom stereocenters. The molecule has 1 heterocycles. The molecular weight excluding hydrogens is 446 g/mol. The third-order valence-electron chi connectivity index (χ3n) is 6.09. The topological polar surface area (TPSA) is 85.3 Å². The summed E-state index contributed by atoms with van der Waals surface area (Å²) in [6, 6.07) is 19.0. The third kappa shape index (κ3) is 4.45. The average molecular weight is 474 g/mol. The van der Waals surface area contributed by atoms with Gasteiger partial charge in [-0.05, 0) is 36.8 Å². The Morgan fingerprint density at radius 3 is 2.26 bits per heavy atom. The van der Waals surface area contributed by atoms with Crippen LogP contribution in [0, 0.1) is 6.92 Å². The lowest BCUT2D eigenvalue weighted by Crippen LogP contribution is -2.29. The molecule has 1 saturated heterocycles. The Morgan fingerprint density at radius 1 is 0.857 bits per heavy atom. The summed E-state index contributed by atoms with van der Waals surface area (Å²) in [5, 5.41) is 11.3. The number of carbonyl (C=O) groups is 2. The van der Waals surface area contributed by atoms with E-state index in [-0.39, 0.29) is 17.9 Å². The molecule has 35 heavy (non-hydrogen) atoms. The van der Waals surface area contributed by atoms with Crippen LogP contribution in [0.3, 0.4) is 0 Å². The number of hydrogen-bond donors (Lipinski definition) is 1. The number of Topliss-reactive ketones (excluding diaryl/α,β-unsaturated/α-hetero) is 1. The highest BCUT2D eigenvalue weighted by molar-refractivity contribution is 6.46. The van der Waals surface area contributed by atoms with Crippen molar-refractivity contribution in [2.45, 2.75) is 19.5 Å². The molecule has 0 spiro atoms. The number of aliphatic hydroxyl groups excluding tert-OH is 1. The largest absolute Gasteiger partial charge is 0.507 e. The van der Waals surface area contributed by atoms with E-state index in [1.54, 1.807) is 31.4 Å². The molecule has 7 heteroatoms. The van der Waals surface area contributed by atoms with Crippen molar-refractivity contribution in [3.63, 3.8) is 0 Å². The maximum atomic E-state index is 13.3. The van der Waals surface area contributed by atoms with Crippen molar-refractivity contribution in [1.29, 1.82) is 0 Å². The number of aryl methyl sites for hydroxylation is 1. The fourth-order valence-corrected chi connectivity index (χ4v) is 4.39. The van der Waals surface area contributed by atoms with E-state index < -0.39 is 17.7 Å². The zero-order valence-corrected chi connectivity index (χ0v) is 20.1. The molecule has 3 aromatic carbocycles. The predicted octanol–water partition coefficient (Wildman–Crippen LogP) is 4.64. The summed E-state index contributed by atoms with van der Waals surface area (Å²) in [6.07, 6.45) is 0. The van der Waals surface area contributed by atoms with Crippen molar-refractivity contribution < 1.29 is 28.9 Å². The van der Waals surface area contributed by atoms with Gasteiger partial charge < -0.3 is 24.2 Å². The van der Waals surface area contributed by atoms with Gasteiger partial charge in [-0.1, -0.05) is 48.0 Å². The number of amides is 1. The van der Waals surface area contributed by atoms with Gasteiger partial charge in [-0.15, -0.1) is 0 Å². The molecule has 1 amide bonds. The van der Waals surface area contributed by atoms with Crippen LogP contribution in [0.15, 0.2) is 72.3 Å². The van der Waals surface area contributed by atoms with Gasteiger partial charge in [0.05, 0.1) is 39.5 Å². The Bertz CT molecular complexity index is 1310. The molecule has 1 aliphatic heterocycles. The van der Waals surface area contributed by atoms with Gasteiger partial charge in [0.15, 0.2) is 11.5 Å². The highest BCUT2D eigenvalue weighted by Gasteiger charge is 2.46. The number of methoxy groups -OCH3 is 3. The van der Waals surface area contributed by atoms with Gasteiger partial charge in [0, 0.05) is 11.1 Å². The summed E-state index contributed by atoms with van der Waals surface area (Å²) in [7, 11) is 4.56. The number of benzene rings is 3. The van der Waals surface area contributed by atoms with E-state index in [4.69, 9.17) is 14.2 Å². The van der Waals surface area contributed by atoms with Gasteiger partial charge in [0.2, 0.25) is 0 Å². The summed E-state index contributed by atoms with van der Waals surface area (Å²) in [5.41, 5.74) is 2.80. The third-order valence-corrected chi connectivity index (χ3v) is 6.09. The van der Waals surface area contributed by atoms with Crippen molar-refractivity contribution in [2.75, 3.05) is 21.3 Å². The smallest absolute Gasteiger partial charge is 0.295 e. The number of ether oxygens (including phenoxy) is 3. The molecule has 3 aromatic rings. The monoisotopic (exact) mass is 473 g/mol. The van der Waals surface area contributed by atoms with Crippen LogP contribution in [-0.4, -0.2) is 43.0 Å². The van der Waals surface area contributed by atoms with Gasteiger partial charge in [-0.3, -0.25) is 9.59 Å². The van der Waals surface area contributed by atoms with Crippen LogP contribution in [-0.2, 0) is 16.1 Å². The van der Waals surface area contributed by atoms with E-state index in [1.807, 2.05) is 49.4 Å². The minimum atomic E-state index is -0.784. The maximum absolute atomic E-state index is 13.3. The summed E-state index contributed by atoms with van der Waals surface area (Å²) >= 11 is 0. The molecule has 1 unspecified atom stereocenters. The number of rotatable bonds is 7. The van der Waals surface area contributed by atoms with Gasteiger partial charge in [-0.25, -0.2) is 0 Å². The summed E-state index contributed by atoms with van der Waals surface area (Å²) < 4.78 is 16.1. The fourth-order valence-electron chi connectivity index (χ4n) is 4.39. The lowest BCUT2D eigenvalue weighted by Gasteiger charge is -2.26. The number of carbonyl (C=O) groups excluding carboxylic acids is 2. The molecule has 1 fully saturated rings. The molecular formula is C28H27NO6. The van der Waals surface area contributed by atoms with Gasteiger partial charge in [0.25, 0.3) is 11.7 Å². The standard InChI is InChI=1S/C28H27NO6/c1-17-8-7-10-18(14-17)25-24(26(30)19-12-13-22(34-3)23(15-19)35-4)27(31)28(32)29(25)16-20-9-5-6-11-21(20)33-2/h5-15,25,30H,16H2,1-4H3/b26-24-. The molecule has 0 aliphatic carbocycles. The highest BCUT2D eigenvalue weighted by Crippen LogP contribution is 2.42. The molecule has 180 valence electrons. The minimum absolute atomic E-state index is 0.0164. The molecule has 1 aliphatic rings. The Labute approximate surface area is 204 Å². The van der Waals surface area contributed by atoms with Crippen LogP contribution in [0.4, 0.5) is 0 Å². The maximum Gasteiger partial charge on any atom is 0.295 e. The van der Waals surface area contributed by atoms with Gasteiger partial charge in [-0.2, -0.15) is 0 Å². The number of likely N-dealkylation sites (tertiary alicyclic amines) is 1. The number of aliphatic hydroxyl groups is 1. The van der Waals surface area contributed by atoms with Crippen LogP contribution in [0.25, 0.3) is 5.76 Å². The molecule has 7 nitrogen and oxygen atoms in total. The second-order valence-corrected chi connectivity index (χ2v) is 8.22. The lowest BCUT2D eigenvalue weighted by atomic mass is 9.94. The Morgan fingerprint density at radius 2 is 1.57 bits per heavy atom. The average Bonchev–Trinajstić information content (AvgIpc) is 3.13. The molecule has 0 bridgehead atoms. The quantitative estimate of drug-likeness (QED) is 0.306. The summed E-state index contributed by atoms with van der Waals surface area (Å²) in [6.45, 7) is 2.07. The van der Waals surface area contributed by atoms with Crippen LogP contribution >= 0.6 is 0 Å². The zero-order valence-electron chi connectivity index (χ0n) is 20.1. The van der Waals surface area contributed by atoms with Gasteiger partial charge >= 0.3 is 0 Å². The van der Waals surface area contributed by atoms with Crippen molar-refractivity contribution in [2.24, 2.45) is 0 Å². The van der Waals surface area contributed by atoms with E-state index >= 15 is 0 Å². The van der Waals surface area contributed by atoms with Crippen molar-refractivity contribution in [3.8, 4) is 17.2 Å². The first-order valence-corrected chi connectivity index (χ1v) is 11.1. The Hall–Kier alpha value is -4.26. The Balaban J connectivity index is 1.89. The van der Waals surface area contributed by atoms with Gasteiger partial charge in [0.1, 0.15) is 11.5 Å². The van der Waals surface area contributed by atoms with Crippen LogP contribution in [0.5, 0.6) is 17.2 Å². The number of ketones is 1. The second-order valence-electron chi connectivity index (χ2n) is 8.22. The molecule has 0 saturated carbocycles. The van der Waals surface area contributed by atoms with E-state index in [1.165, 1.54) is 19.1 Å². The minimum Gasteiger partial charge on any atom is -0.507 e. The first-order chi connectivity index (χ1) is 16.9. The Kier molecular flexibility index (Phi) is 6.78. The normalized spacial score (nSPS) is 16.9. The van der Waals surface area contributed by atoms with E-state index in [0.717, 1.165) is 16.7 Å². The lowest BCUT2D eigenvalue weighted by molar-refractivity contribution is -0.140. The van der Waals surface area contributed by atoms with Crippen LogP contribution in [0.1, 0.15) is 28.3 Å². The van der Waals surface area contributed by atoms with Crippen molar-refractivity contribution in [3.05, 3.63) is 94.6 Å². The number of nitrogens with zero attached hydrogens (tertiary/aromatic N) is 1. The van der Waals surface area contributed by atoms with Crippen LogP contribution in [0.2, 0.25) is 0 Å². The zero-order chi connectivity index (χ0) is 25.1. The molecule has 0 aromatic heterocycles. The highest BCUT2D eigenvalue weighted by atomic mass is 16.5. The molecule has 0 radical (unpaired) electrons. The van der Waals surface area contributed by atoms with E-state index in [9.17, 15) is 14.7 Å². The van der Waals surface area contributed by atoms with E-state index in [2.05, 4.69) is 0 Å². The number of hydrogen-bond acceptors (Lipinski definition) is 6. The first-order valence-electron chi connectivity index (χ1n) is 11.1. The summed E-state index contributed by atoms with van der Waals surface area (Å²) in [4.78, 5) is 28.1. The van der Waals surface area contributed by atoms with Crippen molar-refractivity contribution in [1.82, 2.24) is 4.90 Å². The molecule has 4 rings (SSSR count). The van der Waals surface area contributed by atoms with Crippen LogP contribution < -0.4 is 14.2 Å². The second kappa shape index (κ2) is 9.93.